The number of nitrogens with one attached hydrogen (secondary N) is 1. The minimum absolute atomic E-state index is 0.0967. The second-order valence-corrected chi connectivity index (χ2v) is 9.64. The molecule has 3 rings (SSSR count). The van der Waals surface area contributed by atoms with E-state index < -0.39 is 21.2 Å². The van der Waals surface area contributed by atoms with E-state index in [0.29, 0.717) is 28.8 Å². The number of hydrogen-bond donors (Lipinski definition) is 1. The number of halogens is 1. The van der Waals surface area contributed by atoms with E-state index in [9.17, 15) is 8.42 Å². The van der Waals surface area contributed by atoms with Crippen molar-refractivity contribution in [2.24, 2.45) is 0 Å². The van der Waals surface area contributed by atoms with E-state index >= 15 is 0 Å². The number of sulfonamides is 1. The summed E-state index contributed by atoms with van der Waals surface area (Å²) in [5, 5.41) is 7.83. The lowest BCUT2D eigenvalue weighted by atomic mass is 10.1. The van der Waals surface area contributed by atoms with Gasteiger partial charge < -0.3 is 4.74 Å². The lowest BCUT2D eigenvalue weighted by Crippen LogP contribution is -2.32. The van der Waals surface area contributed by atoms with E-state index in [2.05, 4.69) is 29.9 Å². The van der Waals surface area contributed by atoms with Gasteiger partial charge in [-0.15, -0.1) is 10.2 Å². The minimum atomic E-state index is -3.85. The number of nitrogens with zero attached hydrogens (tertiary/aromatic N) is 6. The summed E-state index contributed by atoms with van der Waals surface area (Å²) in [7, 11) is -2.28. The van der Waals surface area contributed by atoms with Gasteiger partial charge in [-0.1, -0.05) is 18.5 Å². The molecule has 3 unspecified atom stereocenters. The molecule has 0 aliphatic carbocycles. The fourth-order valence-electron chi connectivity index (χ4n) is 3.04. The molecule has 3 aromatic heterocycles. The largest absolute Gasteiger partial charge is 0.383 e. The predicted molar refractivity (Wildman–Crippen MR) is 117 cm³/mol. The second kappa shape index (κ2) is 9.67. The molecule has 31 heavy (non-hydrogen) atoms. The van der Waals surface area contributed by atoms with E-state index in [1.54, 1.807) is 44.0 Å². The van der Waals surface area contributed by atoms with Crippen LogP contribution in [0.25, 0.3) is 11.4 Å². The molecule has 0 bridgehead atoms. The zero-order chi connectivity index (χ0) is 22.6. The van der Waals surface area contributed by atoms with Gasteiger partial charge in [0, 0.05) is 43.4 Å². The maximum Gasteiger partial charge on any atom is 0.238 e. The van der Waals surface area contributed by atoms with Gasteiger partial charge >= 0.3 is 0 Å². The Bertz CT molecular complexity index is 1110. The summed E-state index contributed by atoms with van der Waals surface area (Å²) in [4.78, 5) is 12.4. The average Bonchev–Trinajstić information content (AvgIpc) is 3.17. The van der Waals surface area contributed by atoms with Crippen molar-refractivity contribution in [3.05, 3.63) is 47.8 Å². The van der Waals surface area contributed by atoms with Crippen molar-refractivity contribution in [3.8, 4) is 11.4 Å². The molecule has 3 heterocycles. The number of anilines is 1. The normalized spacial score (nSPS) is 14.7. The van der Waals surface area contributed by atoms with Crippen molar-refractivity contribution in [1.82, 2.24) is 29.7 Å². The van der Waals surface area contributed by atoms with Crippen molar-refractivity contribution in [2.75, 3.05) is 18.4 Å². The molecule has 0 amide bonds. The lowest BCUT2D eigenvalue weighted by Gasteiger charge is -2.22. The van der Waals surface area contributed by atoms with Gasteiger partial charge in [0.25, 0.3) is 0 Å². The Labute approximate surface area is 186 Å². The molecule has 0 saturated heterocycles. The Morgan fingerprint density at radius 1 is 1.16 bits per heavy atom. The van der Waals surface area contributed by atoms with Crippen molar-refractivity contribution in [1.29, 1.82) is 0 Å². The molecule has 0 aromatic carbocycles. The number of pyridine rings is 1. The molecule has 0 aliphatic heterocycles. The Morgan fingerprint density at radius 3 is 2.48 bits per heavy atom. The van der Waals surface area contributed by atoms with Gasteiger partial charge in [0.2, 0.25) is 16.0 Å². The second-order valence-electron chi connectivity index (χ2n) is 7.16. The Kier molecular flexibility index (Phi) is 7.19. The smallest absolute Gasteiger partial charge is 0.238 e. The highest BCUT2D eigenvalue weighted by atomic mass is 35.5. The van der Waals surface area contributed by atoms with Gasteiger partial charge in [0.15, 0.2) is 5.82 Å². The van der Waals surface area contributed by atoms with Crippen LogP contribution < -0.4 is 4.72 Å². The van der Waals surface area contributed by atoms with Gasteiger partial charge in [-0.3, -0.25) is 14.3 Å². The van der Waals surface area contributed by atoms with Crippen LogP contribution in [-0.2, 0) is 14.8 Å². The summed E-state index contributed by atoms with van der Waals surface area (Å²) >= 11 is 5.83. The van der Waals surface area contributed by atoms with Crippen LogP contribution in [0.4, 0.5) is 5.95 Å². The number of hydrogen-bond acceptors (Lipinski definition) is 8. The fourth-order valence-corrected chi connectivity index (χ4v) is 4.38. The highest BCUT2D eigenvalue weighted by molar-refractivity contribution is 7.93. The van der Waals surface area contributed by atoms with E-state index in [1.165, 1.54) is 12.4 Å². The van der Waals surface area contributed by atoms with Gasteiger partial charge in [-0.2, -0.15) is 0 Å². The van der Waals surface area contributed by atoms with Gasteiger partial charge in [-0.25, -0.2) is 18.4 Å². The first-order valence-corrected chi connectivity index (χ1v) is 11.5. The molecular formula is C19H24ClN7O3S. The van der Waals surface area contributed by atoms with Gasteiger partial charge in [0.1, 0.15) is 5.82 Å². The van der Waals surface area contributed by atoms with Crippen LogP contribution >= 0.6 is 11.6 Å². The molecular weight excluding hydrogens is 442 g/mol. The number of aromatic nitrogens is 6. The highest BCUT2D eigenvalue weighted by Gasteiger charge is 2.31. The highest BCUT2D eigenvalue weighted by Crippen LogP contribution is 2.28. The SMILES string of the molecule is COCC(C)n1c(NS(=O)(=O)C(C)C(C)c2ncc(Cl)cn2)nnc1-c1cccnc1. The maximum absolute atomic E-state index is 13.1. The summed E-state index contributed by atoms with van der Waals surface area (Å²) in [5.41, 5.74) is 0.708. The molecule has 3 atom stereocenters. The van der Waals surface area contributed by atoms with Crippen LogP contribution in [0.2, 0.25) is 5.02 Å². The monoisotopic (exact) mass is 465 g/mol. The summed E-state index contributed by atoms with van der Waals surface area (Å²) in [6, 6.07) is 3.36. The van der Waals surface area contributed by atoms with Crippen LogP contribution in [0.3, 0.4) is 0 Å². The zero-order valence-electron chi connectivity index (χ0n) is 17.6. The van der Waals surface area contributed by atoms with Crippen LogP contribution in [0, 0.1) is 0 Å². The minimum Gasteiger partial charge on any atom is -0.383 e. The quantitative estimate of drug-likeness (QED) is 0.511. The van der Waals surface area contributed by atoms with Crippen LogP contribution in [0.15, 0.2) is 36.9 Å². The first kappa shape index (κ1) is 23.0. The van der Waals surface area contributed by atoms with Gasteiger partial charge in [-0.05, 0) is 26.0 Å². The van der Waals surface area contributed by atoms with Crippen molar-refractivity contribution < 1.29 is 13.2 Å². The van der Waals surface area contributed by atoms with Crippen molar-refractivity contribution in [2.45, 2.75) is 38.0 Å². The predicted octanol–water partition coefficient (Wildman–Crippen LogP) is 2.92. The lowest BCUT2D eigenvalue weighted by molar-refractivity contribution is 0.163. The Hall–Kier alpha value is -2.63. The van der Waals surface area contributed by atoms with Crippen LogP contribution in [0.5, 0.6) is 0 Å². The summed E-state index contributed by atoms with van der Waals surface area (Å²) < 4.78 is 35.8. The standard InChI is InChI=1S/C19H24ClN7O3S/c1-12(11-30-4)27-18(15-6-5-7-21-8-15)24-25-19(27)26-31(28,29)14(3)13(2)17-22-9-16(20)10-23-17/h5-10,12-14H,11H2,1-4H3,(H,25,26). The molecule has 10 nitrogen and oxygen atoms in total. The third-order valence-electron chi connectivity index (χ3n) is 4.94. The van der Waals surface area contributed by atoms with Crippen LogP contribution in [0.1, 0.15) is 38.6 Å². The summed E-state index contributed by atoms with van der Waals surface area (Å²) in [6.45, 7) is 5.56. The first-order chi connectivity index (χ1) is 14.7. The molecule has 0 spiro atoms. The molecule has 0 aliphatic rings. The molecule has 1 N–H and O–H groups in total. The molecule has 0 radical (unpaired) electrons. The molecule has 166 valence electrons. The fraction of sp³-hybridized carbons (Fsp3) is 0.421. The third kappa shape index (κ3) is 5.17. The van der Waals surface area contributed by atoms with Crippen LogP contribution in [-0.4, -0.2) is 57.1 Å². The first-order valence-electron chi connectivity index (χ1n) is 9.58. The third-order valence-corrected chi connectivity index (χ3v) is 6.99. The van der Waals surface area contributed by atoms with Crippen molar-refractivity contribution >= 4 is 27.6 Å². The number of ether oxygens (including phenoxy) is 1. The number of rotatable bonds is 9. The van der Waals surface area contributed by atoms with Gasteiger partial charge in [0.05, 0.1) is 22.9 Å². The zero-order valence-corrected chi connectivity index (χ0v) is 19.2. The molecule has 3 aromatic rings. The molecule has 0 fully saturated rings. The van der Waals surface area contributed by atoms with E-state index in [1.807, 2.05) is 13.0 Å². The molecule has 0 saturated carbocycles. The Morgan fingerprint density at radius 2 is 1.87 bits per heavy atom. The summed E-state index contributed by atoms with van der Waals surface area (Å²) in [5.74, 6) is 0.476. The summed E-state index contributed by atoms with van der Waals surface area (Å²) in [6.07, 6.45) is 6.17. The van der Waals surface area contributed by atoms with Crippen molar-refractivity contribution in [3.63, 3.8) is 0 Å². The van der Waals surface area contributed by atoms with E-state index in [-0.39, 0.29) is 12.0 Å². The number of methoxy groups -OCH3 is 1. The maximum atomic E-state index is 13.1. The average molecular weight is 466 g/mol. The topological polar surface area (TPSA) is 125 Å². The van der Waals surface area contributed by atoms with E-state index in [4.69, 9.17) is 16.3 Å². The molecule has 12 heteroatoms. The van der Waals surface area contributed by atoms with E-state index in [0.717, 1.165) is 0 Å². The Balaban J connectivity index is 1.93.